The SMILES string of the molecule is COC(=O)N[C@H](C(=O)N1CCC[C@H]1c1ncc(-c2ccc(-c3ccc(-c4cnc([C@@H]5CC(F)(F)CN5C(=O)[C@@H](NC(=O)OC)C(C)C)[nH]4)cc3)cc2)[nH]1)C(C)C. The Hall–Kier alpha value is -5.80. The van der Waals surface area contributed by atoms with Gasteiger partial charge < -0.3 is 39.9 Å². The van der Waals surface area contributed by atoms with Crippen molar-refractivity contribution in [2.45, 2.75) is 77.0 Å². The molecular formula is C40H48F2N8O6. The van der Waals surface area contributed by atoms with Gasteiger partial charge in [-0.2, -0.15) is 0 Å². The molecule has 2 aliphatic heterocycles. The topological polar surface area (TPSA) is 175 Å². The lowest BCUT2D eigenvalue weighted by atomic mass is 10.0. The van der Waals surface area contributed by atoms with Crippen molar-refractivity contribution in [1.29, 1.82) is 0 Å². The highest BCUT2D eigenvalue weighted by Crippen LogP contribution is 2.41. The third-order valence-corrected chi connectivity index (χ3v) is 10.4. The fraction of sp³-hybridized carbons (Fsp3) is 0.450. The minimum Gasteiger partial charge on any atom is -0.453 e. The number of rotatable bonds is 11. The van der Waals surface area contributed by atoms with Crippen molar-refractivity contribution in [3.63, 3.8) is 0 Å². The largest absolute Gasteiger partial charge is 0.453 e. The summed E-state index contributed by atoms with van der Waals surface area (Å²) in [6.45, 7) is 6.97. The summed E-state index contributed by atoms with van der Waals surface area (Å²) in [6.07, 6.45) is 2.83. The summed E-state index contributed by atoms with van der Waals surface area (Å²) in [7, 11) is 2.44. The molecule has 0 radical (unpaired) electrons. The zero-order valence-electron chi connectivity index (χ0n) is 32.3. The average Bonchev–Trinajstić information content (AvgIpc) is 4.01. The molecule has 298 valence electrons. The van der Waals surface area contributed by atoms with Crippen LogP contribution in [0.2, 0.25) is 0 Å². The maximum absolute atomic E-state index is 14.8. The Kier molecular flexibility index (Phi) is 11.8. The zero-order chi connectivity index (χ0) is 40.3. The second-order valence-corrected chi connectivity index (χ2v) is 15.0. The summed E-state index contributed by atoms with van der Waals surface area (Å²) in [5.74, 6) is -3.51. The number of carbonyl (C=O) groups is 4. The van der Waals surface area contributed by atoms with E-state index in [1.165, 1.54) is 14.2 Å². The van der Waals surface area contributed by atoms with Crippen LogP contribution in [0.5, 0.6) is 0 Å². The second kappa shape index (κ2) is 16.5. The van der Waals surface area contributed by atoms with E-state index < -0.39 is 55.1 Å². The van der Waals surface area contributed by atoms with Crippen LogP contribution in [0.15, 0.2) is 60.9 Å². The van der Waals surface area contributed by atoms with Gasteiger partial charge in [0.05, 0.1) is 56.6 Å². The van der Waals surface area contributed by atoms with E-state index in [4.69, 9.17) is 4.74 Å². The molecule has 0 aliphatic carbocycles. The number of aromatic nitrogens is 4. The minimum atomic E-state index is -3.13. The number of nitrogens with zero attached hydrogens (tertiary/aromatic N) is 4. The first kappa shape index (κ1) is 39.9. The van der Waals surface area contributed by atoms with Crippen LogP contribution in [-0.2, 0) is 19.1 Å². The smallest absolute Gasteiger partial charge is 0.407 e. The van der Waals surface area contributed by atoms with Crippen LogP contribution in [0.4, 0.5) is 18.4 Å². The van der Waals surface area contributed by atoms with Crippen LogP contribution in [-0.4, -0.2) is 99.1 Å². The van der Waals surface area contributed by atoms with Crippen LogP contribution in [0.25, 0.3) is 33.6 Å². The van der Waals surface area contributed by atoms with Crippen LogP contribution >= 0.6 is 0 Å². The predicted molar refractivity (Wildman–Crippen MR) is 203 cm³/mol. The molecule has 4 atom stereocenters. The molecule has 2 aliphatic rings. The normalized spacial score (nSPS) is 18.9. The van der Waals surface area contributed by atoms with Crippen molar-refractivity contribution in [2.24, 2.45) is 11.8 Å². The first-order valence-corrected chi connectivity index (χ1v) is 18.7. The Morgan fingerprint density at radius 3 is 1.59 bits per heavy atom. The number of amides is 4. The van der Waals surface area contributed by atoms with Crippen molar-refractivity contribution in [3.8, 4) is 33.6 Å². The van der Waals surface area contributed by atoms with Gasteiger partial charge in [0.1, 0.15) is 23.7 Å². The molecule has 0 unspecified atom stereocenters. The maximum Gasteiger partial charge on any atom is 0.407 e. The van der Waals surface area contributed by atoms with Crippen LogP contribution in [0.3, 0.4) is 0 Å². The van der Waals surface area contributed by atoms with Crippen molar-refractivity contribution in [2.75, 3.05) is 27.3 Å². The molecule has 0 spiro atoms. The number of ether oxygens (including phenoxy) is 2. The first-order valence-electron chi connectivity index (χ1n) is 18.7. The van der Waals surface area contributed by atoms with E-state index in [-0.39, 0.29) is 29.6 Å². The standard InChI is InChI=1S/C40H48F2N8O6/c1-22(2)32(47-38(53)55-5)36(51)49-17-7-8-30(49)34-43-19-28(45-34)26-13-9-24(10-14-26)25-11-15-27(16-12-25)29-20-44-35(46-29)31-18-40(41,42)21-50(31)37(52)33(23(3)4)48-39(54)56-6/h9-16,19-20,22-23,30-33H,7-8,17-18,21H2,1-6H3,(H,43,45)(H,44,46)(H,47,53)(H,48,54)/t30-,31-,32-,33-/m0/s1. The van der Waals surface area contributed by atoms with Crippen molar-refractivity contribution in [3.05, 3.63) is 72.6 Å². The van der Waals surface area contributed by atoms with Gasteiger partial charge in [-0.3, -0.25) is 9.59 Å². The fourth-order valence-electron chi connectivity index (χ4n) is 7.35. The second-order valence-electron chi connectivity index (χ2n) is 15.0. The summed E-state index contributed by atoms with van der Waals surface area (Å²) in [4.78, 5) is 69.3. The summed E-state index contributed by atoms with van der Waals surface area (Å²) in [5, 5.41) is 5.15. The third-order valence-electron chi connectivity index (χ3n) is 10.4. The monoisotopic (exact) mass is 774 g/mol. The molecule has 14 nitrogen and oxygen atoms in total. The van der Waals surface area contributed by atoms with E-state index in [2.05, 4.69) is 35.3 Å². The predicted octanol–water partition coefficient (Wildman–Crippen LogP) is 6.47. The molecule has 16 heteroatoms. The molecule has 0 saturated carbocycles. The van der Waals surface area contributed by atoms with E-state index in [9.17, 15) is 28.0 Å². The van der Waals surface area contributed by atoms with Crippen LogP contribution < -0.4 is 10.6 Å². The van der Waals surface area contributed by atoms with E-state index in [1.807, 2.05) is 62.4 Å². The number of methoxy groups -OCH3 is 2. The Labute approximate surface area is 323 Å². The summed E-state index contributed by atoms with van der Waals surface area (Å²) in [6, 6.07) is 12.7. The number of likely N-dealkylation sites (tertiary alicyclic amines) is 2. The molecule has 4 aromatic rings. The van der Waals surface area contributed by atoms with Gasteiger partial charge in [-0.1, -0.05) is 76.2 Å². The number of benzene rings is 2. The summed E-state index contributed by atoms with van der Waals surface area (Å²) in [5.41, 5.74) is 5.04. The van der Waals surface area contributed by atoms with E-state index in [1.54, 1.807) is 31.1 Å². The van der Waals surface area contributed by atoms with Gasteiger partial charge in [-0.25, -0.2) is 28.3 Å². The first-order chi connectivity index (χ1) is 26.7. The lowest BCUT2D eigenvalue weighted by molar-refractivity contribution is -0.137. The number of halogens is 2. The number of nitrogens with one attached hydrogen (secondary N) is 4. The number of H-pyrrole nitrogens is 2. The highest BCUT2D eigenvalue weighted by atomic mass is 19.3. The Morgan fingerprint density at radius 1 is 0.714 bits per heavy atom. The van der Waals surface area contributed by atoms with Crippen LogP contribution in [0, 0.1) is 11.8 Å². The molecular weight excluding hydrogens is 726 g/mol. The quantitative estimate of drug-likeness (QED) is 0.134. The van der Waals surface area contributed by atoms with E-state index in [0.717, 1.165) is 45.7 Å². The van der Waals surface area contributed by atoms with Crippen molar-refractivity contribution >= 4 is 24.0 Å². The van der Waals surface area contributed by atoms with E-state index in [0.29, 0.717) is 18.1 Å². The number of imidazole rings is 2. The number of hydrogen-bond donors (Lipinski definition) is 4. The van der Waals surface area contributed by atoms with E-state index >= 15 is 0 Å². The van der Waals surface area contributed by atoms with Gasteiger partial charge in [0.15, 0.2) is 0 Å². The van der Waals surface area contributed by atoms with Gasteiger partial charge in [-0.15, -0.1) is 0 Å². The Morgan fingerprint density at radius 2 is 1.14 bits per heavy atom. The summed E-state index contributed by atoms with van der Waals surface area (Å²) < 4.78 is 38.9. The molecule has 56 heavy (non-hydrogen) atoms. The van der Waals surface area contributed by atoms with Crippen molar-refractivity contribution in [1.82, 2.24) is 40.4 Å². The number of aromatic amines is 2. The Bertz CT molecular complexity index is 2030. The molecule has 2 aromatic carbocycles. The fourth-order valence-corrected chi connectivity index (χ4v) is 7.35. The summed E-state index contributed by atoms with van der Waals surface area (Å²) >= 11 is 0. The molecule has 0 bridgehead atoms. The lowest BCUT2D eigenvalue weighted by Crippen LogP contribution is -2.51. The Balaban J connectivity index is 1.13. The number of carbonyl (C=O) groups excluding carboxylic acids is 4. The molecule has 6 rings (SSSR count). The third kappa shape index (κ3) is 8.53. The number of alkyl carbamates (subject to hydrolysis) is 2. The lowest BCUT2D eigenvalue weighted by Gasteiger charge is -2.30. The highest BCUT2D eigenvalue weighted by Gasteiger charge is 2.50. The zero-order valence-corrected chi connectivity index (χ0v) is 32.3. The van der Waals surface area contributed by atoms with Gasteiger partial charge in [0.2, 0.25) is 11.8 Å². The number of hydrogen-bond acceptors (Lipinski definition) is 8. The number of alkyl halides is 2. The van der Waals surface area contributed by atoms with Gasteiger partial charge in [-0.05, 0) is 46.9 Å². The van der Waals surface area contributed by atoms with Crippen LogP contribution in [0.1, 0.15) is 70.7 Å². The molecule has 2 fully saturated rings. The van der Waals surface area contributed by atoms with Crippen molar-refractivity contribution < 1.29 is 37.4 Å². The molecule has 2 saturated heterocycles. The molecule has 4 heterocycles. The van der Waals surface area contributed by atoms with Gasteiger partial charge in [0.25, 0.3) is 5.92 Å². The molecule has 4 N–H and O–H groups in total. The molecule has 4 amide bonds. The minimum absolute atomic E-state index is 0.129. The average molecular weight is 775 g/mol. The van der Waals surface area contributed by atoms with Gasteiger partial charge >= 0.3 is 12.2 Å². The maximum atomic E-state index is 14.8. The molecule has 2 aromatic heterocycles. The van der Waals surface area contributed by atoms with Gasteiger partial charge in [0, 0.05) is 13.0 Å². The highest BCUT2D eigenvalue weighted by molar-refractivity contribution is 5.87.